The number of esters is 1. The van der Waals surface area contributed by atoms with E-state index >= 15 is 0 Å². The van der Waals surface area contributed by atoms with E-state index in [1.807, 2.05) is 0 Å². The molecule has 1 rings (SSSR count). The van der Waals surface area contributed by atoms with Crippen LogP contribution in [-0.4, -0.2) is 11.6 Å². The van der Waals surface area contributed by atoms with Gasteiger partial charge in [0.1, 0.15) is 17.2 Å². The van der Waals surface area contributed by atoms with Gasteiger partial charge >= 0.3 is 5.97 Å². The van der Waals surface area contributed by atoms with Crippen molar-refractivity contribution in [2.24, 2.45) is 0 Å². The highest BCUT2D eigenvalue weighted by molar-refractivity contribution is 5.87. The number of nitrogens with zero attached hydrogens (tertiary/aromatic N) is 1. The predicted molar refractivity (Wildman–Crippen MR) is 67.5 cm³/mol. The Morgan fingerprint density at radius 3 is 2.26 bits per heavy atom. The van der Waals surface area contributed by atoms with Crippen LogP contribution in [0.25, 0.3) is 10.9 Å². The Balaban J connectivity index is 2.90. The van der Waals surface area contributed by atoms with Crippen molar-refractivity contribution in [3.8, 4) is 0 Å². The van der Waals surface area contributed by atoms with Crippen molar-refractivity contribution in [3.63, 3.8) is 0 Å². The van der Waals surface area contributed by atoms with Gasteiger partial charge in [0.2, 0.25) is 0 Å². The standard InChI is InChI=1S/C14H13F2NO2/c1-14(2,3)19-12(18)6-5-9-7-10(15)13(17-4)11(16)8-9/h5-8H,1-3H3/b6-5+. The van der Waals surface area contributed by atoms with Gasteiger partial charge in [-0.2, -0.15) is 0 Å². The normalized spacial score (nSPS) is 11.4. The molecule has 0 saturated carbocycles. The number of rotatable bonds is 2. The topological polar surface area (TPSA) is 30.7 Å². The van der Waals surface area contributed by atoms with E-state index in [9.17, 15) is 13.6 Å². The zero-order valence-corrected chi connectivity index (χ0v) is 10.8. The molecule has 0 radical (unpaired) electrons. The van der Waals surface area contributed by atoms with Crippen LogP contribution in [-0.2, 0) is 9.53 Å². The summed E-state index contributed by atoms with van der Waals surface area (Å²) in [5.74, 6) is -2.53. The van der Waals surface area contributed by atoms with E-state index in [4.69, 9.17) is 11.3 Å². The molecule has 0 bridgehead atoms. The molecule has 100 valence electrons. The Morgan fingerprint density at radius 1 is 1.32 bits per heavy atom. The van der Waals surface area contributed by atoms with Crippen molar-refractivity contribution < 1.29 is 18.3 Å². The molecule has 0 spiro atoms. The van der Waals surface area contributed by atoms with E-state index in [-0.39, 0.29) is 5.56 Å². The van der Waals surface area contributed by atoms with Gasteiger partial charge in [0.05, 0.1) is 6.57 Å². The zero-order valence-electron chi connectivity index (χ0n) is 10.8. The van der Waals surface area contributed by atoms with E-state index in [2.05, 4.69) is 4.85 Å². The van der Waals surface area contributed by atoms with E-state index < -0.39 is 28.9 Å². The number of hydrogen-bond donors (Lipinski definition) is 0. The lowest BCUT2D eigenvalue weighted by Gasteiger charge is -2.17. The molecule has 0 fully saturated rings. The molecule has 0 aromatic heterocycles. The fraction of sp³-hybridized carbons (Fsp3) is 0.286. The highest BCUT2D eigenvalue weighted by Crippen LogP contribution is 2.24. The summed E-state index contributed by atoms with van der Waals surface area (Å²) in [5.41, 5.74) is -1.14. The number of carbonyl (C=O) groups is 1. The number of carbonyl (C=O) groups excluding carboxylic acids is 1. The minimum absolute atomic E-state index is 0.147. The zero-order chi connectivity index (χ0) is 14.6. The maximum absolute atomic E-state index is 13.3. The van der Waals surface area contributed by atoms with Crippen LogP contribution in [0.4, 0.5) is 14.5 Å². The highest BCUT2D eigenvalue weighted by Gasteiger charge is 2.14. The minimum Gasteiger partial charge on any atom is -0.457 e. The van der Waals surface area contributed by atoms with Crippen LogP contribution in [0.2, 0.25) is 0 Å². The summed E-state index contributed by atoms with van der Waals surface area (Å²) in [6.45, 7) is 11.8. The molecule has 0 N–H and O–H groups in total. The molecule has 19 heavy (non-hydrogen) atoms. The van der Waals surface area contributed by atoms with Crippen LogP contribution in [0, 0.1) is 18.2 Å². The third kappa shape index (κ3) is 4.51. The van der Waals surface area contributed by atoms with Gasteiger partial charge in [0, 0.05) is 6.08 Å². The average molecular weight is 265 g/mol. The molecule has 3 nitrogen and oxygen atoms in total. The van der Waals surface area contributed by atoms with Gasteiger partial charge in [0.25, 0.3) is 5.69 Å². The van der Waals surface area contributed by atoms with Gasteiger partial charge in [-0.25, -0.2) is 18.4 Å². The van der Waals surface area contributed by atoms with Crippen LogP contribution in [0.5, 0.6) is 0 Å². The fourth-order valence-corrected chi connectivity index (χ4v) is 1.29. The fourth-order valence-electron chi connectivity index (χ4n) is 1.29. The van der Waals surface area contributed by atoms with Crippen LogP contribution in [0.1, 0.15) is 26.3 Å². The summed E-state index contributed by atoms with van der Waals surface area (Å²) in [6.07, 6.45) is 2.31. The average Bonchev–Trinajstić information content (AvgIpc) is 2.23. The molecule has 1 aromatic rings. The molecular formula is C14H13F2NO2. The Bertz CT molecular complexity index is 543. The number of halogens is 2. The maximum Gasteiger partial charge on any atom is 0.331 e. The SMILES string of the molecule is [C-]#[N+]c1c(F)cc(/C=C/C(=O)OC(C)(C)C)cc1F. The van der Waals surface area contributed by atoms with Gasteiger partial charge < -0.3 is 4.74 Å². The predicted octanol–water partition coefficient (Wildman–Crippen LogP) is 3.87. The lowest BCUT2D eigenvalue weighted by atomic mass is 10.1. The Hall–Kier alpha value is -2.22. The summed E-state index contributed by atoms with van der Waals surface area (Å²) in [4.78, 5) is 14.1. The Kier molecular flexibility index (Phi) is 4.38. The molecule has 0 aliphatic heterocycles. The van der Waals surface area contributed by atoms with Crippen molar-refractivity contribution in [1.82, 2.24) is 0 Å². The molecule has 1 aromatic carbocycles. The van der Waals surface area contributed by atoms with Crippen LogP contribution in [0.15, 0.2) is 18.2 Å². The van der Waals surface area contributed by atoms with Crippen LogP contribution in [0.3, 0.4) is 0 Å². The second-order valence-corrected chi connectivity index (χ2v) is 4.81. The summed E-state index contributed by atoms with van der Waals surface area (Å²) in [6, 6.07) is 1.97. The lowest BCUT2D eigenvalue weighted by molar-refractivity contribution is -0.148. The van der Waals surface area contributed by atoms with Crippen molar-refractivity contribution in [2.45, 2.75) is 26.4 Å². The number of ether oxygens (including phenoxy) is 1. The first kappa shape index (κ1) is 14.8. The van der Waals surface area contributed by atoms with Crippen molar-refractivity contribution in [3.05, 3.63) is 46.8 Å². The molecule has 0 unspecified atom stereocenters. The molecule has 0 saturated heterocycles. The Morgan fingerprint density at radius 2 is 1.84 bits per heavy atom. The summed E-state index contributed by atoms with van der Waals surface area (Å²) in [5, 5.41) is 0. The Labute approximate surface area is 110 Å². The first-order valence-electron chi connectivity index (χ1n) is 5.50. The van der Waals surface area contributed by atoms with Crippen LogP contribution < -0.4 is 0 Å². The van der Waals surface area contributed by atoms with E-state index in [0.717, 1.165) is 18.2 Å². The minimum atomic E-state index is -0.959. The molecular weight excluding hydrogens is 252 g/mol. The first-order chi connectivity index (χ1) is 8.73. The van der Waals surface area contributed by atoms with Gasteiger partial charge in [0.15, 0.2) is 0 Å². The number of benzene rings is 1. The van der Waals surface area contributed by atoms with Gasteiger partial charge in [-0.3, -0.25) is 0 Å². The van der Waals surface area contributed by atoms with E-state index in [1.165, 1.54) is 6.08 Å². The quantitative estimate of drug-likeness (QED) is 0.461. The van der Waals surface area contributed by atoms with Gasteiger partial charge in [-0.1, -0.05) is 0 Å². The first-order valence-corrected chi connectivity index (χ1v) is 5.50. The van der Waals surface area contributed by atoms with Crippen molar-refractivity contribution >= 4 is 17.7 Å². The third-order valence-electron chi connectivity index (χ3n) is 1.97. The third-order valence-corrected chi connectivity index (χ3v) is 1.97. The molecule has 0 aliphatic carbocycles. The lowest BCUT2D eigenvalue weighted by Crippen LogP contribution is -2.22. The molecule has 0 atom stereocenters. The monoisotopic (exact) mass is 265 g/mol. The summed E-state index contributed by atoms with van der Waals surface area (Å²) >= 11 is 0. The second kappa shape index (κ2) is 5.61. The van der Waals surface area contributed by atoms with Crippen molar-refractivity contribution in [1.29, 1.82) is 0 Å². The van der Waals surface area contributed by atoms with Gasteiger partial charge in [-0.05, 0) is 44.5 Å². The van der Waals surface area contributed by atoms with Gasteiger partial charge in [-0.15, -0.1) is 0 Å². The van der Waals surface area contributed by atoms with Crippen LogP contribution >= 0.6 is 0 Å². The second-order valence-electron chi connectivity index (χ2n) is 4.81. The molecule has 0 amide bonds. The van der Waals surface area contributed by atoms with E-state index in [0.29, 0.717) is 0 Å². The van der Waals surface area contributed by atoms with E-state index in [1.54, 1.807) is 20.8 Å². The molecule has 0 aliphatic rings. The highest BCUT2D eigenvalue weighted by atomic mass is 19.1. The number of hydrogen-bond acceptors (Lipinski definition) is 2. The smallest absolute Gasteiger partial charge is 0.331 e. The summed E-state index contributed by atoms with van der Waals surface area (Å²) < 4.78 is 31.6. The van der Waals surface area contributed by atoms with Crippen molar-refractivity contribution in [2.75, 3.05) is 0 Å². The molecule has 5 heteroatoms. The largest absolute Gasteiger partial charge is 0.457 e. The molecule has 0 heterocycles. The maximum atomic E-state index is 13.3. The summed E-state index contributed by atoms with van der Waals surface area (Å²) in [7, 11) is 0.